The Labute approximate surface area is 106 Å². The SMILES string of the molecule is Cc1c(-c2ccccc2)nc(C2(C)CC2)[nH]c1=O. The summed E-state index contributed by atoms with van der Waals surface area (Å²) in [6.07, 6.45) is 2.21. The monoisotopic (exact) mass is 240 g/mol. The third kappa shape index (κ3) is 1.76. The summed E-state index contributed by atoms with van der Waals surface area (Å²) in [6.45, 7) is 3.97. The topological polar surface area (TPSA) is 45.8 Å². The first kappa shape index (κ1) is 11.2. The third-order valence-corrected chi connectivity index (χ3v) is 3.77. The summed E-state index contributed by atoms with van der Waals surface area (Å²) in [5, 5.41) is 0. The smallest absolute Gasteiger partial charge is 0.254 e. The van der Waals surface area contributed by atoms with E-state index in [9.17, 15) is 4.79 Å². The summed E-state index contributed by atoms with van der Waals surface area (Å²) >= 11 is 0. The van der Waals surface area contributed by atoms with Crippen molar-refractivity contribution in [3.63, 3.8) is 0 Å². The molecule has 0 spiro atoms. The lowest BCUT2D eigenvalue weighted by atomic mass is 10.1. The van der Waals surface area contributed by atoms with E-state index < -0.39 is 0 Å². The van der Waals surface area contributed by atoms with Crippen LogP contribution in [0.5, 0.6) is 0 Å². The molecule has 1 aromatic heterocycles. The second-order valence-electron chi connectivity index (χ2n) is 5.31. The molecule has 0 unspecified atom stereocenters. The first-order chi connectivity index (χ1) is 8.60. The Morgan fingerprint density at radius 3 is 2.50 bits per heavy atom. The van der Waals surface area contributed by atoms with Gasteiger partial charge in [-0.2, -0.15) is 0 Å². The molecular formula is C15H16N2O. The van der Waals surface area contributed by atoms with Crippen LogP contribution >= 0.6 is 0 Å². The van der Waals surface area contributed by atoms with Crippen LogP contribution in [0.1, 0.15) is 31.2 Å². The van der Waals surface area contributed by atoms with Crippen LogP contribution in [0.15, 0.2) is 35.1 Å². The molecule has 3 nitrogen and oxygen atoms in total. The molecule has 1 aromatic carbocycles. The Kier molecular flexibility index (Phi) is 2.37. The lowest BCUT2D eigenvalue weighted by Crippen LogP contribution is -2.20. The minimum Gasteiger partial charge on any atom is -0.310 e. The molecule has 92 valence electrons. The Morgan fingerprint density at radius 1 is 1.22 bits per heavy atom. The largest absolute Gasteiger partial charge is 0.310 e. The number of hydrogen-bond donors (Lipinski definition) is 1. The van der Waals surface area contributed by atoms with Crippen LogP contribution in [-0.2, 0) is 5.41 Å². The van der Waals surface area contributed by atoms with Crippen molar-refractivity contribution in [1.29, 1.82) is 0 Å². The fourth-order valence-electron chi connectivity index (χ4n) is 2.12. The molecule has 0 atom stereocenters. The number of H-pyrrole nitrogens is 1. The summed E-state index contributed by atoms with van der Waals surface area (Å²) in [6, 6.07) is 9.89. The molecule has 1 aliphatic rings. The lowest BCUT2D eigenvalue weighted by Gasteiger charge is -2.11. The summed E-state index contributed by atoms with van der Waals surface area (Å²) in [4.78, 5) is 19.6. The molecule has 3 heteroatoms. The summed E-state index contributed by atoms with van der Waals surface area (Å²) < 4.78 is 0. The second-order valence-corrected chi connectivity index (χ2v) is 5.31. The van der Waals surface area contributed by atoms with E-state index in [0.717, 1.165) is 29.9 Å². The maximum absolute atomic E-state index is 12.0. The first-order valence-corrected chi connectivity index (χ1v) is 6.27. The molecule has 1 aliphatic carbocycles. The van der Waals surface area contributed by atoms with Gasteiger partial charge in [0.1, 0.15) is 5.82 Å². The predicted octanol–water partition coefficient (Wildman–Crippen LogP) is 2.80. The minimum absolute atomic E-state index is 0.0213. The van der Waals surface area contributed by atoms with Gasteiger partial charge in [-0.05, 0) is 19.8 Å². The van der Waals surface area contributed by atoms with Gasteiger partial charge in [-0.15, -0.1) is 0 Å². The maximum Gasteiger partial charge on any atom is 0.254 e. The van der Waals surface area contributed by atoms with Gasteiger partial charge in [-0.1, -0.05) is 37.3 Å². The Bertz CT molecular complexity index is 639. The molecule has 0 amide bonds. The quantitative estimate of drug-likeness (QED) is 0.877. The van der Waals surface area contributed by atoms with Crippen LogP contribution in [0.25, 0.3) is 11.3 Å². The van der Waals surface area contributed by atoms with E-state index in [1.54, 1.807) is 0 Å². The van der Waals surface area contributed by atoms with E-state index in [2.05, 4.69) is 16.9 Å². The van der Waals surface area contributed by atoms with Crippen LogP contribution in [0.4, 0.5) is 0 Å². The minimum atomic E-state index is -0.0213. The molecule has 18 heavy (non-hydrogen) atoms. The zero-order valence-corrected chi connectivity index (χ0v) is 10.7. The number of rotatable bonds is 2. The van der Waals surface area contributed by atoms with E-state index in [1.165, 1.54) is 0 Å². The number of aromatic amines is 1. The van der Waals surface area contributed by atoms with Crippen molar-refractivity contribution in [3.8, 4) is 11.3 Å². The molecule has 1 N–H and O–H groups in total. The number of nitrogens with one attached hydrogen (secondary N) is 1. The summed E-state index contributed by atoms with van der Waals surface area (Å²) in [5.74, 6) is 0.831. The van der Waals surface area contributed by atoms with Gasteiger partial charge < -0.3 is 4.98 Å². The molecule has 0 saturated heterocycles. The van der Waals surface area contributed by atoms with Crippen LogP contribution in [0.3, 0.4) is 0 Å². The van der Waals surface area contributed by atoms with Gasteiger partial charge in [0.15, 0.2) is 0 Å². The van der Waals surface area contributed by atoms with Crippen molar-refractivity contribution in [1.82, 2.24) is 9.97 Å². The van der Waals surface area contributed by atoms with Gasteiger partial charge in [-0.3, -0.25) is 4.79 Å². The highest BCUT2D eigenvalue weighted by molar-refractivity contribution is 5.62. The lowest BCUT2D eigenvalue weighted by molar-refractivity contribution is 0.702. The molecule has 0 bridgehead atoms. The zero-order chi connectivity index (χ0) is 12.8. The highest BCUT2D eigenvalue weighted by Crippen LogP contribution is 2.45. The Balaban J connectivity index is 2.20. The van der Waals surface area contributed by atoms with E-state index in [4.69, 9.17) is 0 Å². The Hall–Kier alpha value is -1.90. The van der Waals surface area contributed by atoms with Crippen LogP contribution in [0, 0.1) is 6.92 Å². The van der Waals surface area contributed by atoms with E-state index in [0.29, 0.717) is 5.56 Å². The van der Waals surface area contributed by atoms with Gasteiger partial charge in [0, 0.05) is 16.5 Å². The highest BCUT2D eigenvalue weighted by Gasteiger charge is 2.42. The third-order valence-electron chi connectivity index (χ3n) is 3.77. The van der Waals surface area contributed by atoms with Gasteiger partial charge in [0.25, 0.3) is 5.56 Å². The summed E-state index contributed by atoms with van der Waals surface area (Å²) in [7, 11) is 0. The van der Waals surface area contributed by atoms with Crippen LogP contribution in [0.2, 0.25) is 0 Å². The molecule has 2 aromatic rings. The fraction of sp³-hybridized carbons (Fsp3) is 0.333. The average molecular weight is 240 g/mol. The van der Waals surface area contributed by atoms with Gasteiger partial charge in [-0.25, -0.2) is 4.98 Å². The fourth-order valence-corrected chi connectivity index (χ4v) is 2.12. The van der Waals surface area contributed by atoms with E-state index in [1.807, 2.05) is 37.3 Å². The molecule has 1 heterocycles. The maximum atomic E-state index is 12.0. The molecule has 1 saturated carbocycles. The Morgan fingerprint density at radius 2 is 1.89 bits per heavy atom. The number of benzene rings is 1. The van der Waals surface area contributed by atoms with Gasteiger partial charge in [0.05, 0.1) is 5.69 Å². The first-order valence-electron chi connectivity index (χ1n) is 6.27. The second kappa shape index (κ2) is 3.80. The van der Waals surface area contributed by atoms with Crippen LogP contribution in [-0.4, -0.2) is 9.97 Å². The van der Waals surface area contributed by atoms with Crippen LogP contribution < -0.4 is 5.56 Å². The number of aromatic nitrogens is 2. The van der Waals surface area contributed by atoms with Crippen molar-refractivity contribution in [2.45, 2.75) is 32.1 Å². The molecule has 0 radical (unpaired) electrons. The van der Waals surface area contributed by atoms with E-state index in [-0.39, 0.29) is 11.0 Å². The highest BCUT2D eigenvalue weighted by atomic mass is 16.1. The predicted molar refractivity (Wildman–Crippen MR) is 71.6 cm³/mol. The van der Waals surface area contributed by atoms with Crippen molar-refractivity contribution in [2.24, 2.45) is 0 Å². The zero-order valence-electron chi connectivity index (χ0n) is 10.7. The van der Waals surface area contributed by atoms with Crippen molar-refractivity contribution in [2.75, 3.05) is 0 Å². The molecular weight excluding hydrogens is 224 g/mol. The van der Waals surface area contributed by atoms with Gasteiger partial charge in [0.2, 0.25) is 0 Å². The number of hydrogen-bond acceptors (Lipinski definition) is 2. The molecule has 3 rings (SSSR count). The van der Waals surface area contributed by atoms with Crippen molar-refractivity contribution in [3.05, 3.63) is 52.1 Å². The van der Waals surface area contributed by atoms with E-state index >= 15 is 0 Å². The van der Waals surface area contributed by atoms with Crippen molar-refractivity contribution < 1.29 is 0 Å². The molecule has 0 aliphatic heterocycles. The standard InChI is InChI=1S/C15H16N2O/c1-10-12(11-6-4-3-5-7-11)16-14(17-13(10)18)15(2)8-9-15/h3-7H,8-9H2,1-2H3,(H,16,17,18). The molecule has 1 fully saturated rings. The summed E-state index contributed by atoms with van der Waals surface area (Å²) in [5.41, 5.74) is 2.56. The number of nitrogens with zero attached hydrogens (tertiary/aromatic N) is 1. The normalized spacial score (nSPS) is 16.6. The van der Waals surface area contributed by atoms with Gasteiger partial charge >= 0.3 is 0 Å². The average Bonchev–Trinajstić information content (AvgIpc) is 3.13. The van der Waals surface area contributed by atoms with Crippen molar-refractivity contribution >= 4 is 0 Å².